The number of benzene rings is 1. The van der Waals surface area contributed by atoms with Gasteiger partial charge in [0, 0.05) is 23.0 Å². The highest BCUT2D eigenvalue weighted by Crippen LogP contribution is 2.21. The molecule has 0 amide bonds. The second-order valence-electron chi connectivity index (χ2n) is 3.45. The van der Waals surface area contributed by atoms with Crippen molar-refractivity contribution < 1.29 is 19.8 Å². The molecule has 4 N–H and O–H groups in total. The van der Waals surface area contributed by atoms with Crippen LogP contribution in [0.3, 0.4) is 0 Å². The molecule has 1 aromatic rings. The number of aliphatic hydroxyl groups excluding tert-OH is 1. The largest absolute Gasteiger partial charge is 0.479 e. The number of Topliss-reactive ketones (excluding diaryl/α,β-unsaturated/α-hetero) is 1. The molecule has 0 bridgehead atoms. The van der Waals surface area contributed by atoms with Crippen molar-refractivity contribution in [1.82, 2.24) is 0 Å². The van der Waals surface area contributed by atoms with E-state index in [9.17, 15) is 14.7 Å². The number of ketones is 1. The smallest absolute Gasteiger partial charge is 0.337 e. The maximum atomic E-state index is 11.7. The Morgan fingerprint density at radius 1 is 1.41 bits per heavy atom. The molecular weight excluding hydrogens is 290 g/mol. The minimum Gasteiger partial charge on any atom is -0.479 e. The summed E-state index contributed by atoms with van der Waals surface area (Å²) in [5.41, 5.74) is 6.29. The number of hydrogen-bond donors (Lipinski definition) is 3. The second-order valence-corrected chi connectivity index (χ2v) is 4.24. The zero-order valence-corrected chi connectivity index (χ0v) is 10.5. The van der Waals surface area contributed by atoms with Gasteiger partial charge in [-0.1, -0.05) is 22.0 Å². The highest BCUT2D eigenvalue weighted by atomic mass is 79.9. The van der Waals surface area contributed by atoms with Crippen LogP contribution in [0.15, 0.2) is 18.2 Å². The minimum atomic E-state index is -1.65. The molecule has 6 heteroatoms. The lowest BCUT2D eigenvalue weighted by Gasteiger charge is -2.09. The van der Waals surface area contributed by atoms with Gasteiger partial charge in [-0.3, -0.25) is 4.79 Å². The van der Waals surface area contributed by atoms with Gasteiger partial charge >= 0.3 is 5.97 Å². The standard InChI is InChI=1S/C11H12BrNO4/c12-4-3-9(14)7-5-6(1-2-8(7)13)10(15)11(16)17/h1-2,5,10,15H,3-4,13H2,(H,16,17). The zero-order chi connectivity index (χ0) is 13.0. The van der Waals surface area contributed by atoms with Crippen LogP contribution in [0, 0.1) is 0 Å². The average Bonchev–Trinajstić information content (AvgIpc) is 2.28. The van der Waals surface area contributed by atoms with Crippen LogP contribution in [0.25, 0.3) is 0 Å². The maximum absolute atomic E-state index is 11.7. The first kappa shape index (κ1) is 13.7. The molecule has 5 nitrogen and oxygen atoms in total. The van der Waals surface area contributed by atoms with Gasteiger partial charge in [0.2, 0.25) is 0 Å². The number of hydrogen-bond acceptors (Lipinski definition) is 4. The summed E-state index contributed by atoms with van der Waals surface area (Å²) in [7, 11) is 0. The number of carboxylic acids is 1. The van der Waals surface area contributed by atoms with Crippen molar-refractivity contribution in [2.75, 3.05) is 11.1 Å². The molecule has 1 rings (SSSR count). The fourth-order valence-corrected chi connectivity index (χ4v) is 1.71. The molecule has 0 saturated heterocycles. The van der Waals surface area contributed by atoms with Crippen molar-refractivity contribution in [2.24, 2.45) is 0 Å². The molecule has 0 fully saturated rings. The molecule has 0 heterocycles. The van der Waals surface area contributed by atoms with Gasteiger partial charge in [0.25, 0.3) is 0 Å². The molecule has 0 spiro atoms. The number of carbonyl (C=O) groups excluding carboxylic acids is 1. The number of carboxylic acid groups (broad SMARTS) is 1. The molecule has 0 aliphatic carbocycles. The Labute approximate surface area is 106 Å². The molecule has 1 unspecified atom stereocenters. The quantitative estimate of drug-likeness (QED) is 0.433. The number of aliphatic hydroxyl groups is 1. The summed E-state index contributed by atoms with van der Waals surface area (Å²) in [4.78, 5) is 22.3. The van der Waals surface area contributed by atoms with Gasteiger partial charge in [-0.15, -0.1) is 0 Å². The van der Waals surface area contributed by atoms with E-state index in [1.807, 2.05) is 0 Å². The Hall–Kier alpha value is -1.40. The Kier molecular flexibility index (Phi) is 4.65. The third-order valence-corrected chi connectivity index (χ3v) is 2.65. The van der Waals surface area contributed by atoms with Crippen LogP contribution in [0.2, 0.25) is 0 Å². The highest BCUT2D eigenvalue weighted by Gasteiger charge is 2.18. The summed E-state index contributed by atoms with van der Waals surface area (Å²) < 4.78 is 0. The molecule has 0 aliphatic rings. The monoisotopic (exact) mass is 301 g/mol. The number of alkyl halides is 1. The van der Waals surface area contributed by atoms with Crippen molar-refractivity contribution >= 4 is 33.4 Å². The van der Waals surface area contributed by atoms with E-state index in [1.165, 1.54) is 18.2 Å². The number of rotatable bonds is 5. The highest BCUT2D eigenvalue weighted by molar-refractivity contribution is 9.09. The van der Waals surface area contributed by atoms with Crippen LogP contribution in [-0.4, -0.2) is 27.3 Å². The van der Waals surface area contributed by atoms with E-state index in [4.69, 9.17) is 10.8 Å². The molecule has 0 radical (unpaired) electrons. The van der Waals surface area contributed by atoms with Gasteiger partial charge in [-0.25, -0.2) is 4.79 Å². The Balaban J connectivity index is 3.10. The molecule has 0 aliphatic heterocycles. The summed E-state index contributed by atoms with van der Waals surface area (Å²) in [5.74, 6) is -1.56. The van der Waals surface area contributed by atoms with Crippen LogP contribution in [0.4, 0.5) is 5.69 Å². The molecule has 1 aromatic carbocycles. The first-order valence-corrected chi connectivity index (χ1v) is 5.99. The van der Waals surface area contributed by atoms with E-state index in [0.29, 0.717) is 5.33 Å². The summed E-state index contributed by atoms with van der Waals surface area (Å²) in [6.45, 7) is 0. The predicted molar refractivity (Wildman–Crippen MR) is 66.2 cm³/mol. The lowest BCUT2D eigenvalue weighted by Crippen LogP contribution is -2.12. The molecule has 0 aromatic heterocycles. The van der Waals surface area contributed by atoms with Crippen molar-refractivity contribution in [3.05, 3.63) is 29.3 Å². The number of anilines is 1. The molecule has 17 heavy (non-hydrogen) atoms. The lowest BCUT2D eigenvalue weighted by atomic mass is 10.0. The van der Waals surface area contributed by atoms with Gasteiger partial charge in [-0.2, -0.15) is 0 Å². The second kappa shape index (κ2) is 5.79. The number of nitrogens with two attached hydrogens (primary N) is 1. The Morgan fingerprint density at radius 3 is 2.59 bits per heavy atom. The van der Waals surface area contributed by atoms with E-state index in [2.05, 4.69) is 15.9 Å². The zero-order valence-electron chi connectivity index (χ0n) is 8.89. The van der Waals surface area contributed by atoms with Crippen LogP contribution >= 0.6 is 15.9 Å². The summed E-state index contributed by atoms with van der Waals surface area (Å²) >= 11 is 3.14. The molecule has 1 atom stereocenters. The SMILES string of the molecule is Nc1ccc(C(O)C(=O)O)cc1C(=O)CCBr. The molecule has 0 saturated carbocycles. The van der Waals surface area contributed by atoms with Gasteiger partial charge in [0.1, 0.15) is 0 Å². The summed E-state index contributed by atoms with van der Waals surface area (Å²) in [6, 6.07) is 4.13. The van der Waals surface area contributed by atoms with E-state index in [1.54, 1.807) is 0 Å². The average molecular weight is 302 g/mol. The Morgan fingerprint density at radius 2 is 2.06 bits per heavy atom. The molecule has 92 valence electrons. The third kappa shape index (κ3) is 3.28. The van der Waals surface area contributed by atoms with E-state index < -0.39 is 12.1 Å². The lowest BCUT2D eigenvalue weighted by molar-refractivity contribution is -0.146. The van der Waals surface area contributed by atoms with Crippen molar-refractivity contribution in [3.63, 3.8) is 0 Å². The first-order chi connectivity index (χ1) is 7.97. The normalized spacial score (nSPS) is 12.1. The minimum absolute atomic E-state index is 0.143. The number of halogens is 1. The van der Waals surface area contributed by atoms with E-state index >= 15 is 0 Å². The maximum Gasteiger partial charge on any atom is 0.337 e. The predicted octanol–water partition coefficient (Wildman–Crippen LogP) is 1.35. The first-order valence-electron chi connectivity index (χ1n) is 4.86. The Bertz CT molecular complexity index is 447. The number of carbonyl (C=O) groups is 2. The fraction of sp³-hybridized carbons (Fsp3) is 0.273. The van der Waals surface area contributed by atoms with Gasteiger partial charge in [0.05, 0.1) is 0 Å². The van der Waals surface area contributed by atoms with Gasteiger partial charge in [0.15, 0.2) is 11.9 Å². The van der Waals surface area contributed by atoms with Crippen molar-refractivity contribution in [3.8, 4) is 0 Å². The summed E-state index contributed by atoms with van der Waals surface area (Å²) in [5, 5.41) is 18.5. The number of aliphatic carboxylic acids is 1. The van der Waals surface area contributed by atoms with Crippen LogP contribution in [0.1, 0.15) is 28.4 Å². The van der Waals surface area contributed by atoms with Crippen LogP contribution < -0.4 is 5.73 Å². The number of nitrogen functional groups attached to an aromatic ring is 1. The van der Waals surface area contributed by atoms with Gasteiger partial charge < -0.3 is 15.9 Å². The van der Waals surface area contributed by atoms with Crippen LogP contribution in [0.5, 0.6) is 0 Å². The van der Waals surface area contributed by atoms with Crippen molar-refractivity contribution in [1.29, 1.82) is 0 Å². The summed E-state index contributed by atoms with van der Waals surface area (Å²) in [6.07, 6.45) is -1.39. The van der Waals surface area contributed by atoms with E-state index in [-0.39, 0.29) is 29.0 Å². The van der Waals surface area contributed by atoms with Crippen molar-refractivity contribution in [2.45, 2.75) is 12.5 Å². The van der Waals surface area contributed by atoms with E-state index in [0.717, 1.165) is 0 Å². The van der Waals surface area contributed by atoms with Gasteiger partial charge in [-0.05, 0) is 17.7 Å². The third-order valence-electron chi connectivity index (χ3n) is 2.25. The fourth-order valence-electron chi connectivity index (χ4n) is 1.35. The topological polar surface area (TPSA) is 101 Å². The van der Waals surface area contributed by atoms with Crippen LogP contribution in [-0.2, 0) is 4.79 Å². The molecular formula is C11H12BrNO4.